The van der Waals surface area contributed by atoms with Gasteiger partial charge in [-0.05, 0) is 23.8 Å². The zero-order valence-corrected chi connectivity index (χ0v) is 16.3. The molecule has 0 bridgehead atoms. The number of nitrogens with zero attached hydrogens (tertiary/aromatic N) is 2. The van der Waals surface area contributed by atoms with Crippen molar-refractivity contribution >= 4 is 28.8 Å². The molecule has 0 N–H and O–H groups in total. The Kier molecular flexibility index (Phi) is 6.67. The SMILES string of the molecule is C=CCOc1ccc(C(=S)N2CCN(Cc3ccccc3)CC2)cc1Cl. The van der Waals surface area contributed by atoms with E-state index in [-0.39, 0.29) is 0 Å². The van der Waals surface area contributed by atoms with Gasteiger partial charge in [0, 0.05) is 38.3 Å². The quantitative estimate of drug-likeness (QED) is 0.540. The van der Waals surface area contributed by atoms with Crippen LogP contribution in [0, 0.1) is 0 Å². The summed E-state index contributed by atoms with van der Waals surface area (Å²) in [6, 6.07) is 16.3. The first-order valence-corrected chi connectivity index (χ1v) is 9.55. The molecule has 3 rings (SSSR count). The summed E-state index contributed by atoms with van der Waals surface area (Å²) in [5.74, 6) is 0.658. The molecule has 0 spiro atoms. The maximum Gasteiger partial charge on any atom is 0.138 e. The summed E-state index contributed by atoms with van der Waals surface area (Å²) < 4.78 is 5.52. The third-order valence-corrected chi connectivity index (χ3v) is 5.23. The minimum Gasteiger partial charge on any atom is -0.488 e. The number of benzene rings is 2. The molecule has 5 heteroatoms. The van der Waals surface area contributed by atoms with E-state index in [0.717, 1.165) is 43.3 Å². The van der Waals surface area contributed by atoms with Gasteiger partial charge in [-0.25, -0.2) is 0 Å². The number of rotatable bonds is 6. The third kappa shape index (κ3) is 4.85. The average molecular weight is 387 g/mol. The van der Waals surface area contributed by atoms with Crippen molar-refractivity contribution in [3.63, 3.8) is 0 Å². The van der Waals surface area contributed by atoms with Gasteiger partial charge in [0.25, 0.3) is 0 Å². The van der Waals surface area contributed by atoms with E-state index < -0.39 is 0 Å². The van der Waals surface area contributed by atoms with Crippen molar-refractivity contribution in [3.8, 4) is 5.75 Å². The number of piperazine rings is 1. The van der Waals surface area contributed by atoms with Crippen LogP contribution in [0.3, 0.4) is 0 Å². The first-order chi connectivity index (χ1) is 12.7. The van der Waals surface area contributed by atoms with Crippen molar-refractivity contribution in [1.29, 1.82) is 0 Å². The smallest absolute Gasteiger partial charge is 0.138 e. The van der Waals surface area contributed by atoms with Gasteiger partial charge in [-0.15, -0.1) is 0 Å². The lowest BCUT2D eigenvalue weighted by atomic mass is 10.1. The van der Waals surface area contributed by atoms with Crippen LogP contribution < -0.4 is 4.74 Å². The van der Waals surface area contributed by atoms with Gasteiger partial charge in [-0.1, -0.05) is 66.8 Å². The molecule has 0 amide bonds. The van der Waals surface area contributed by atoms with E-state index in [0.29, 0.717) is 17.4 Å². The number of hydrogen-bond acceptors (Lipinski definition) is 3. The van der Waals surface area contributed by atoms with E-state index in [1.807, 2.05) is 18.2 Å². The van der Waals surface area contributed by atoms with Gasteiger partial charge in [0.05, 0.1) is 5.02 Å². The lowest BCUT2D eigenvalue weighted by Gasteiger charge is -2.36. The van der Waals surface area contributed by atoms with Crippen LogP contribution in [0.4, 0.5) is 0 Å². The molecule has 0 atom stereocenters. The second-order valence-electron chi connectivity index (χ2n) is 6.30. The second-order valence-corrected chi connectivity index (χ2v) is 7.09. The molecule has 2 aromatic rings. The Balaban J connectivity index is 1.56. The molecule has 1 aliphatic rings. The van der Waals surface area contributed by atoms with E-state index >= 15 is 0 Å². The summed E-state index contributed by atoms with van der Waals surface area (Å²) in [5.41, 5.74) is 2.32. The van der Waals surface area contributed by atoms with Gasteiger partial charge in [0.2, 0.25) is 0 Å². The van der Waals surface area contributed by atoms with Crippen molar-refractivity contribution < 1.29 is 4.74 Å². The number of ether oxygens (including phenoxy) is 1. The Bertz CT molecular complexity index is 758. The van der Waals surface area contributed by atoms with Gasteiger partial charge >= 0.3 is 0 Å². The molecule has 0 saturated carbocycles. The van der Waals surface area contributed by atoms with Crippen LogP contribution in [0.5, 0.6) is 5.75 Å². The van der Waals surface area contributed by atoms with Crippen LogP contribution in [0.1, 0.15) is 11.1 Å². The lowest BCUT2D eigenvalue weighted by Crippen LogP contribution is -2.48. The number of halogens is 1. The van der Waals surface area contributed by atoms with Gasteiger partial charge in [-0.3, -0.25) is 4.90 Å². The molecule has 0 aromatic heterocycles. The molecular weight excluding hydrogens is 364 g/mol. The van der Waals surface area contributed by atoms with Gasteiger partial charge in [-0.2, -0.15) is 0 Å². The fraction of sp³-hybridized carbons (Fsp3) is 0.286. The van der Waals surface area contributed by atoms with Crippen molar-refractivity contribution in [2.45, 2.75) is 6.54 Å². The highest BCUT2D eigenvalue weighted by Gasteiger charge is 2.20. The summed E-state index contributed by atoms with van der Waals surface area (Å²) in [4.78, 5) is 5.57. The Labute approximate surface area is 165 Å². The Hall–Kier alpha value is -1.88. The molecule has 3 nitrogen and oxygen atoms in total. The summed E-state index contributed by atoms with van der Waals surface area (Å²) in [5, 5.41) is 0.578. The Morgan fingerprint density at radius 1 is 1.12 bits per heavy atom. The predicted molar refractivity (Wildman–Crippen MR) is 112 cm³/mol. The van der Waals surface area contributed by atoms with Crippen molar-refractivity contribution in [2.24, 2.45) is 0 Å². The van der Waals surface area contributed by atoms with Crippen LogP contribution >= 0.6 is 23.8 Å². The minimum atomic E-state index is 0.437. The van der Waals surface area contributed by atoms with Crippen molar-refractivity contribution in [2.75, 3.05) is 32.8 Å². The molecule has 2 aromatic carbocycles. The van der Waals surface area contributed by atoms with Crippen LogP contribution in [0.25, 0.3) is 0 Å². The largest absolute Gasteiger partial charge is 0.488 e. The zero-order chi connectivity index (χ0) is 18.4. The standard InChI is InChI=1S/C21H23ClN2OS/c1-2-14-25-20-9-8-18(15-19(20)22)21(26)24-12-10-23(11-13-24)16-17-6-4-3-5-7-17/h2-9,15H,1,10-14,16H2. The summed E-state index contributed by atoms with van der Waals surface area (Å²) in [7, 11) is 0. The molecule has 0 aliphatic carbocycles. The molecule has 1 fully saturated rings. The molecule has 0 unspecified atom stereocenters. The van der Waals surface area contributed by atoms with Crippen molar-refractivity contribution in [1.82, 2.24) is 9.80 Å². The second kappa shape index (κ2) is 9.17. The van der Waals surface area contributed by atoms with Crippen LogP contribution in [-0.2, 0) is 6.54 Å². The minimum absolute atomic E-state index is 0.437. The topological polar surface area (TPSA) is 15.7 Å². The molecule has 1 saturated heterocycles. The van der Waals surface area contributed by atoms with Crippen LogP contribution in [-0.4, -0.2) is 47.6 Å². The van der Waals surface area contributed by atoms with Gasteiger partial charge in [0.15, 0.2) is 0 Å². The molecule has 0 radical (unpaired) electrons. The van der Waals surface area contributed by atoms with E-state index in [2.05, 4.69) is 46.7 Å². The summed E-state index contributed by atoms with van der Waals surface area (Å²) in [6.07, 6.45) is 1.70. The normalized spacial score (nSPS) is 14.9. The maximum atomic E-state index is 6.32. The molecule has 1 heterocycles. The Morgan fingerprint density at radius 2 is 1.85 bits per heavy atom. The van der Waals surface area contributed by atoms with E-state index in [1.165, 1.54) is 5.56 Å². The fourth-order valence-electron chi connectivity index (χ4n) is 3.03. The first kappa shape index (κ1) is 18.9. The first-order valence-electron chi connectivity index (χ1n) is 8.76. The van der Waals surface area contributed by atoms with Gasteiger partial charge < -0.3 is 9.64 Å². The predicted octanol–water partition coefficient (Wildman–Crippen LogP) is 4.40. The average Bonchev–Trinajstić information content (AvgIpc) is 2.68. The molecule has 136 valence electrons. The highest BCUT2D eigenvalue weighted by Crippen LogP contribution is 2.26. The highest BCUT2D eigenvalue weighted by molar-refractivity contribution is 7.80. The highest BCUT2D eigenvalue weighted by atomic mass is 35.5. The van der Waals surface area contributed by atoms with Crippen LogP contribution in [0.15, 0.2) is 61.2 Å². The number of thiocarbonyl (C=S) groups is 1. The maximum absolute atomic E-state index is 6.32. The van der Waals surface area contributed by atoms with Crippen LogP contribution in [0.2, 0.25) is 5.02 Å². The van der Waals surface area contributed by atoms with Gasteiger partial charge in [0.1, 0.15) is 17.3 Å². The Morgan fingerprint density at radius 3 is 2.50 bits per heavy atom. The van der Waals surface area contributed by atoms with E-state index in [1.54, 1.807) is 6.08 Å². The molecular formula is C21H23ClN2OS. The monoisotopic (exact) mass is 386 g/mol. The molecule has 26 heavy (non-hydrogen) atoms. The fourth-order valence-corrected chi connectivity index (χ4v) is 3.58. The lowest BCUT2D eigenvalue weighted by molar-refractivity contribution is 0.177. The van der Waals surface area contributed by atoms with E-state index in [9.17, 15) is 0 Å². The van der Waals surface area contributed by atoms with E-state index in [4.69, 9.17) is 28.6 Å². The summed E-state index contributed by atoms with van der Waals surface area (Å²) >= 11 is 12.0. The zero-order valence-electron chi connectivity index (χ0n) is 14.7. The number of hydrogen-bond donors (Lipinski definition) is 0. The molecule has 1 aliphatic heterocycles. The third-order valence-electron chi connectivity index (χ3n) is 4.44. The summed E-state index contributed by atoms with van der Waals surface area (Å²) in [6.45, 7) is 8.94. The van der Waals surface area contributed by atoms with Crippen molar-refractivity contribution in [3.05, 3.63) is 77.3 Å².